The smallest absolute Gasteiger partial charge is 0.193 e. The summed E-state index contributed by atoms with van der Waals surface area (Å²) in [5.41, 5.74) is 0.875. The molecule has 26 heavy (non-hydrogen) atoms. The van der Waals surface area contributed by atoms with Crippen molar-refractivity contribution in [2.75, 3.05) is 46.5 Å². The highest BCUT2D eigenvalue weighted by Gasteiger charge is 2.41. The predicted octanol–water partition coefficient (Wildman–Crippen LogP) is 1.51. The third-order valence-electron chi connectivity index (χ3n) is 4.87. The van der Waals surface area contributed by atoms with Crippen LogP contribution in [0.2, 0.25) is 0 Å². The summed E-state index contributed by atoms with van der Waals surface area (Å²) in [5, 5.41) is 3.32. The van der Waals surface area contributed by atoms with E-state index in [9.17, 15) is 12.8 Å². The Morgan fingerprint density at radius 1 is 1.42 bits per heavy atom. The lowest BCUT2D eigenvalue weighted by atomic mass is 10.1. The van der Waals surface area contributed by atoms with Gasteiger partial charge in [-0.1, -0.05) is 12.1 Å². The second kappa shape index (κ2) is 7.92. The van der Waals surface area contributed by atoms with E-state index in [2.05, 4.69) is 10.3 Å². The van der Waals surface area contributed by atoms with Gasteiger partial charge < -0.3 is 15.1 Å². The first-order chi connectivity index (χ1) is 12.1. The third kappa shape index (κ3) is 4.54. The summed E-state index contributed by atoms with van der Waals surface area (Å²) in [7, 11) is 2.47. The SMILES string of the molecule is CN=C(NCC(c1cccc(F)c1)N(C)C)N1CCS(=O)(=O)C(C)(C)C1. The molecule has 0 aliphatic carbocycles. The van der Waals surface area contributed by atoms with Crippen molar-refractivity contribution in [2.45, 2.75) is 24.6 Å². The second-order valence-corrected chi connectivity index (χ2v) is 10.2. The largest absolute Gasteiger partial charge is 0.354 e. The molecule has 0 aromatic heterocycles. The van der Waals surface area contributed by atoms with Crippen LogP contribution < -0.4 is 5.32 Å². The highest BCUT2D eigenvalue weighted by molar-refractivity contribution is 7.92. The Balaban J connectivity index is 2.10. The molecular weight excluding hydrogens is 355 g/mol. The van der Waals surface area contributed by atoms with Crippen molar-refractivity contribution < 1.29 is 12.8 Å². The average Bonchev–Trinajstić information content (AvgIpc) is 2.54. The molecule has 1 N–H and O–H groups in total. The van der Waals surface area contributed by atoms with Gasteiger partial charge in [-0.25, -0.2) is 12.8 Å². The maximum Gasteiger partial charge on any atom is 0.193 e. The van der Waals surface area contributed by atoms with Crippen LogP contribution in [0.1, 0.15) is 25.5 Å². The van der Waals surface area contributed by atoms with E-state index >= 15 is 0 Å². The molecule has 1 aromatic carbocycles. The van der Waals surface area contributed by atoms with Crippen molar-refractivity contribution in [3.05, 3.63) is 35.6 Å². The van der Waals surface area contributed by atoms with Crippen LogP contribution in [0.3, 0.4) is 0 Å². The topological polar surface area (TPSA) is 65.0 Å². The summed E-state index contributed by atoms with van der Waals surface area (Å²) in [6, 6.07) is 6.52. The van der Waals surface area contributed by atoms with Crippen LogP contribution in [0.15, 0.2) is 29.3 Å². The third-order valence-corrected chi connectivity index (χ3v) is 7.40. The van der Waals surface area contributed by atoms with Crippen LogP contribution in [0.5, 0.6) is 0 Å². The Kier molecular flexibility index (Phi) is 6.29. The molecule has 146 valence electrons. The molecule has 1 unspecified atom stereocenters. The normalized spacial score (nSPS) is 20.9. The quantitative estimate of drug-likeness (QED) is 0.630. The molecule has 0 bridgehead atoms. The zero-order chi connectivity index (χ0) is 19.5. The minimum absolute atomic E-state index is 0.0380. The van der Waals surface area contributed by atoms with E-state index in [1.807, 2.05) is 30.0 Å². The standard InChI is InChI=1S/C18H29FN4O2S/c1-18(2)13-23(9-10-26(18,24)25)17(20-3)21-12-16(22(4)5)14-7-6-8-15(19)11-14/h6-8,11,16H,9-10,12-13H2,1-5H3,(H,20,21). The number of hydrogen-bond acceptors (Lipinski definition) is 4. The lowest BCUT2D eigenvalue weighted by Gasteiger charge is -2.39. The first kappa shape index (κ1) is 20.6. The first-order valence-corrected chi connectivity index (χ1v) is 10.3. The van der Waals surface area contributed by atoms with E-state index in [0.717, 1.165) is 5.56 Å². The number of aliphatic imine (C=N–C) groups is 1. The molecule has 0 radical (unpaired) electrons. The minimum atomic E-state index is -3.10. The van der Waals surface area contributed by atoms with Crippen LogP contribution in [-0.4, -0.2) is 75.5 Å². The Morgan fingerprint density at radius 3 is 2.65 bits per heavy atom. The molecule has 1 heterocycles. The summed E-state index contributed by atoms with van der Waals surface area (Å²) in [4.78, 5) is 8.30. The fourth-order valence-electron chi connectivity index (χ4n) is 3.16. The zero-order valence-electron chi connectivity index (χ0n) is 16.2. The molecule has 0 amide bonds. The van der Waals surface area contributed by atoms with Crippen LogP contribution in [0.25, 0.3) is 0 Å². The molecule has 1 fully saturated rings. The van der Waals surface area contributed by atoms with Gasteiger partial charge in [0.1, 0.15) is 5.82 Å². The number of likely N-dealkylation sites (N-methyl/N-ethyl adjacent to an activating group) is 1. The van der Waals surface area contributed by atoms with Gasteiger partial charge in [0.15, 0.2) is 15.8 Å². The number of nitrogens with zero attached hydrogens (tertiary/aromatic N) is 3. The molecule has 2 rings (SSSR count). The molecule has 1 atom stereocenters. The van der Waals surface area contributed by atoms with Crippen LogP contribution in [0.4, 0.5) is 4.39 Å². The summed E-state index contributed by atoms with van der Waals surface area (Å²) in [6.07, 6.45) is 0. The summed E-state index contributed by atoms with van der Waals surface area (Å²) in [6.45, 7) is 4.83. The molecule has 0 saturated carbocycles. The Morgan fingerprint density at radius 2 is 2.12 bits per heavy atom. The summed E-state index contributed by atoms with van der Waals surface area (Å²) in [5.74, 6) is 0.514. The molecule has 0 spiro atoms. The Bertz CT molecular complexity index is 762. The van der Waals surface area contributed by atoms with Gasteiger partial charge in [-0.2, -0.15) is 0 Å². The van der Waals surface area contributed by atoms with Crippen molar-refractivity contribution in [2.24, 2.45) is 4.99 Å². The van der Waals surface area contributed by atoms with Gasteiger partial charge in [0.2, 0.25) is 0 Å². The van der Waals surface area contributed by atoms with Gasteiger partial charge >= 0.3 is 0 Å². The van der Waals surface area contributed by atoms with E-state index in [-0.39, 0.29) is 17.6 Å². The molecular formula is C18H29FN4O2S. The molecule has 1 aromatic rings. The number of rotatable bonds is 4. The highest BCUT2D eigenvalue weighted by Crippen LogP contribution is 2.24. The molecule has 1 aliphatic heterocycles. The van der Waals surface area contributed by atoms with Crippen molar-refractivity contribution in [3.8, 4) is 0 Å². The maximum atomic E-state index is 13.6. The zero-order valence-corrected chi connectivity index (χ0v) is 17.0. The fraction of sp³-hybridized carbons (Fsp3) is 0.611. The highest BCUT2D eigenvalue weighted by atomic mass is 32.2. The second-order valence-electron chi connectivity index (χ2n) is 7.46. The number of hydrogen-bond donors (Lipinski definition) is 1. The molecule has 1 saturated heterocycles. The van der Waals surface area contributed by atoms with Crippen LogP contribution >= 0.6 is 0 Å². The van der Waals surface area contributed by atoms with Crippen molar-refractivity contribution in [1.29, 1.82) is 0 Å². The van der Waals surface area contributed by atoms with Gasteiger partial charge in [0, 0.05) is 26.7 Å². The van der Waals surface area contributed by atoms with Gasteiger partial charge in [-0.15, -0.1) is 0 Å². The van der Waals surface area contributed by atoms with Crippen molar-refractivity contribution in [1.82, 2.24) is 15.1 Å². The number of halogens is 1. The van der Waals surface area contributed by atoms with Gasteiger partial charge in [0.05, 0.1) is 16.5 Å². The lowest BCUT2D eigenvalue weighted by molar-refractivity contribution is 0.290. The first-order valence-electron chi connectivity index (χ1n) is 8.67. The van der Waals surface area contributed by atoms with E-state index < -0.39 is 14.6 Å². The number of nitrogens with one attached hydrogen (secondary N) is 1. The Hall–Kier alpha value is -1.67. The van der Waals surface area contributed by atoms with Gasteiger partial charge in [-0.3, -0.25) is 4.99 Å². The van der Waals surface area contributed by atoms with Gasteiger partial charge in [-0.05, 0) is 45.6 Å². The number of guanidine groups is 1. The van der Waals surface area contributed by atoms with Crippen molar-refractivity contribution in [3.63, 3.8) is 0 Å². The maximum absolute atomic E-state index is 13.6. The van der Waals surface area contributed by atoms with Crippen LogP contribution in [0, 0.1) is 5.82 Å². The minimum Gasteiger partial charge on any atom is -0.354 e. The fourth-order valence-corrected chi connectivity index (χ4v) is 4.52. The predicted molar refractivity (Wildman–Crippen MR) is 104 cm³/mol. The van der Waals surface area contributed by atoms with Crippen molar-refractivity contribution >= 4 is 15.8 Å². The van der Waals surface area contributed by atoms with E-state index in [0.29, 0.717) is 25.6 Å². The monoisotopic (exact) mass is 384 g/mol. The van der Waals surface area contributed by atoms with Crippen LogP contribution in [-0.2, 0) is 9.84 Å². The van der Waals surface area contributed by atoms with Gasteiger partial charge in [0.25, 0.3) is 0 Å². The molecule has 1 aliphatic rings. The van der Waals surface area contributed by atoms with E-state index in [1.54, 1.807) is 27.0 Å². The van der Waals surface area contributed by atoms with E-state index in [4.69, 9.17) is 0 Å². The molecule has 8 heteroatoms. The number of sulfone groups is 1. The van der Waals surface area contributed by atoms with E-state index in [1.165, 1.54) is 12.1 Å². The molecule has 6 nitrogen and oxygen atoms in total. The Labute approximate surface area is 156 Å². The number of benzene rings is 1. The summed E-state index contributed by atoms with van der Waals surface area (Å²) >= 11 is 0. The summed E-state index contributed by atoms with van der Waals surface area (Å²) < 4.78 is 37.2. The average molecular weight is 385 g/mol. The lowest BCUT2D eigenvalue weighted by Crippen LogP contribution is -2.57.